The largest absolute Gasteiger partial charge is 0.427 e. The lowest BCUT2D eigenvalue weighted by atomic mass is 10.3. The Morgan fingerprint density at radius 3 is 2.52 bits per heavy atom. The fourth-order valence-corrected chi connectivity index (χ4v) is 2.24. The molecule has 10 heteroatoms. The highest BCUT2D eigenvalue weighted by Gasteiger charge is 2.32. The van der Waals surface area contributed by atoms with E-state index in [0.717, 1.165) is 10.8 Å². The topological polar surface area (TPSA) is 69.0 Å². The molecule has 0 spiro atoms. The van der Waals surface area contributed by atoms with Crippen LogP contribution in [0.5, 0.6) is 0 Å². The van der Waals surface area contributed by atoms with Crippen LogP contribution in [-0.4, -0.2) is 41.4 Å². The van der Waals surface area contributed by atoms with Gasteiger partial charge in [0.05, 0.1) is 11.9 Å². The Hall–Kier alpha value is -1.35. The van der Waals surface area contributed by atoms with E-state index in [1.807, 2.05) is 0 Å². The van der Waals surface area contributed by atoms with Gasteiger partial charge in [-0.05, 0) is 6.08 Å². The van der Waals surface area contributed by atoms with Gasteiger partial charge >= 0.3 is 6.18 Å². The van der Waals surface area contributed by atoms with Crippen LogP contribution in [0, 0.1) is 0 Å². The molecule has 0 bridgehead atoms. The zero-order valence-corrected chi connectivity index (χ0v) is 12.7. The third kappa shape index (κ3) is 4.57. The molecule has 1 rings (SSSR count). The molecule has 0 N–H and O–H groups in total. The average molecular weight is 345 g/mol. The van der Waals surface area contributed by atoms with Crippen LogP contribution < -0.4 is 0 Å². The first-order valence-corrected chi connectivity index (χ1v) is 7.87. The second-order valence-corrected chi connectivity index (χ2v) is 6.92. The molecular weight excluding hydrogens is 333 g/mol. The highest BCUT2D eigenvalue weighted by molar-refractivity contribution is 7.92. The van der Waals surface area contributed by atoms with E-state index in [1.165, 1.54) is 14.0 Å². The molecule has 21 heavy (non-hydrogen) atoms. The van der Waals surface area contributed by atoms with Gasteiger partial charge in [0.2, 0.25) is 5.78 Å². The maximum atomic E-state index is 12.3. The molecule has 0 saturated carbocycles. The van der Waals surface area contributed by atoms with Crippen molar-refractivity contribution in [2.45, 2.75) is 13.1 Å². The number of imidazole rings is 1. The molecule has 0 saturated heterocycles. The van der Waals surface area contributed by atoms with Crippen LogP contribution in [0.2, 0.25) is 0 Å². The Labute approximate surface area is 124 Å². The number of carbonyl (C=O) groups excluding carboxylic acids is 1. The molecule has 1 heterocycles. The van der Waals surface area contributed by atoms with Crippen LogP contribution in [0.3, 0.4) is 0 Å². The van der Waals surface area contributed by atoms with Crippen molar-refractivity contribution in [3.8, 4) is 0 Å². The van der Waals surface area contributed by atoms with Gasteiger partial charge in [0.15, 0.2) is 15.7 Å². The molecule has 0 aliphatic carbocycles. The number of aromatic nitrogens is 2. The maximum Gasteiger partial charge on any atom is 0.427 e. The third-order valence-electron chi connectivity index (χ3n) is 2.61. The second-order valence-electron chi connectivity index (χ2n) is 4.16. The van der Waals surface area contributed by atoms with Crippen molar-refractivity contribution < 1.29 is 26.4 Å². The molecule has 0 amide bonds. The zero-order valence-electron chi connectivity index (χ0n) is 11.1. The Morgan fingerprint density at radius 2 is 2.05 bits per heavy atom. The number of rotatable bonds is 5. The Kier molecular flexibility index (Phi) is 5.21. The molecule has 0 radical (unpaired) electrons. The van der Waals surface area contributed by atoms with Gasteiger partial charge in [-0.25, -0.2) is 13.4 Å². The Balaban J connectivity index is 3.09. The number of allylic oxidation sites excluding steroid dienone is 1. The van der Waals surface area contributed by atoms with Gasteiger partial charge in [-0.1, -0.05) is 18.5 Å². The summed E-state index contributed by atoms with van der Waals surface area (Å²) in [5.74, 6) is -1.99. The number of hydrogen-bond acceptors (Lipinski definition) is 4. The molecule has 0 fully saturated rings. The first-order chi connectivity index (χ1) is 9.48. The number of sulfone groups is 1. The molecule has 0 aliphatic rings. The normalized spacial score (nSPS) is 13.5. The van der Waals surface area contributed by atoms with Crippen LogP contribution in [-0.2, 0) is 16.9 Å². The first kappa shape index (κ1) is 17.7. The predicted molar refractivity (Wildman–Crippen MR) is 71.8 cm³/mol. The van der Waals surface area contributed by atoms with Crippen molar-refractivity contribution in [3.05, 3.63) is 22.7 Å². The molecule has 5 nitrogen and oxygen atoms in total. The number of alkyl halides is 3. The second kappa shape index (κ2) is 6.18. The number of ketones is 1. The Morgan fingerprint density at radius 1 is 1.48 bits per heavy atom. The number of halogens is 4. The van der Waals surface area contributed by atoms with Gasteiger partial charge in [0, 0.05) is 12.8 Å². The number of carbonyl (C=O) groups is 1. The van der Waals surface area contributed by atoms with Crippen molar-refractivity contribution >= 4 is 33.3 Å². The molecule has 1 aromatic heterocycles. The van der Waals surface area contributed by atoms with E-state index in [1.54, 1.807) is 0 Å². The van der Waals surface area contributed by atoms with Crippen LogP contribution in [0.15, 0.2) is 11.2 Å². The number of Topliss-reactive ketones (excluding diaryl/α,β-unsaturated/α-hetero) is 1. The van der Waals surface area contributed by atoms with Crippen LogP contribution in [0.25, 0.3) is 6.08 Å². The first-order valence-electron chi connectivity index (χ1n) is 5.67. The van der Waals surface area contributed by atoms with E-state index in [9.17, 15) is 26.4 Å². The molecule has 1 aromatic rings. The van der Waals surface area contributed by atoms with E-state index < -0.39 is 32.6 Å². The molecule has 118 valence electrons. The monoisotopic (exact) mass is 344 g/mol. The molecule has 0 aromatic carbocycles. The lowest BCUT2D eigenvalue weighted by Crippen LogP contribution is -2.20. The average Bonchev–Trinajstić information content (AvgIpc) is 2.69. The Bertz CT molecular complexity index is 677. The van der Waals surface area contributed by atoms with Gasteiger partial charge in [-0.2, -0.15) is 13.2 Å². The molecular formula is C11H12ClF3N2O3S. The zero-order chi connectivity index (χ0) is 16.4. The van der Waals surface area contributed by atoms with E-state index in [4.69, 9.17) is 11.6 Å². The minimum Gasteiger partial charge on any atom is -0.325 e. The van der Waals surface area contributed by atoms with E-state index in [2.05, 4.69) is 4.98 Å². The SMILES string of the molecule is CCS(=O)(=O)CC(=O)c1ncc(C=C(Cl)C(F)(F)F)n1C. The van der Waals surface area contributed by atoms with Crippen molar-refractivity contribution in [2.24, 2.45) is 7.05 Å². The summed E-state index contributed by atoms with van der Waals surface area (Å²) in [5.41, 5.74) is -0.0606. The van der Waals surface area contributed by atoms with Crippen molar-refractivity contribution in [2.75, 3.05) is 11.5 Å². The highest BCUT2D eigenvalue weighted by Crippen LogP contribution is 2.30. The smallest absolute Gasteiger partial charge is 0.325 e. The van der Waals surface area contributed by atoms with Gasteiger partial charge in [0.1, 0.15) is 10.8 Å². The summed E-state index contributed by atoms with van der Waals surface area (Å²) >= 11 is 5.10. The third-order valence-corrected chi connectivity index (χ3v) is 4.51. The highest BCUT2D eigenvalue weighted by atomic mass is 35.5. The fourth-order valence-electron chi connectivity index (χ4n) is 1.39. The van der Waals surface area contributed by atoms with Crippen molar-refractivity contribution in [3.63, 3.8) is 0 Å². The summed E-state index contributed by atoms with van der Waals surface area (Å²) in [6, 6.07) is 0. The number of nitrogens with zero attached hydrogens (tertiary/aromatic N) is 2. The predicted octanol–water partition coefficient (Wildman–Crippen LogP) is 2.18. The van der Waals surface area contributed by atoms with Crippen LogP contribution in [0.4, 0.5) is 13.2 Å². The van der Waals surface area contributed by atoms with Gasteiger partial charge < -0.3 is 4.57 Å². The fraction of sp³-hybridized carbons (Fsp3) is 0.455. The summed E-state index contributed by atoms with van der Waals surface area (Å²) in [7, 11) is -2.25. The summed E-state index contributed by atoms with van der Waals surface area (Å²) in [6.07, 6.45) is -3.08. The summed E-state index contributed by atoms with van der Waals surface area (Å²) in [5, 5.41) is -1.37. The van der Waals surface area contributed by atoms with Gasteiger partial charge in [-0.3, -0.25) is 4.79 Å². The minimum atomic E-state index is -4.71. The van der Waals surface area contributed by atoms with E-state index in [0.29, 0.717) is 6.08 Å². The summed E-state index contributed by atoms with van der Waals surface area (Å²) in [4.78, 5) is 15.4. The van der Waals surface area contributed by atoms with Crippen LogP contribution in [0.1, 0.15) is 23.2 Å². The maximum absolute atomic E-state index is 12.3. The van der Waals surface area contributed by atoms with E-state index in [-0.39, 0.29) is 17.3 Å². The lowest BCUT2D eigenvalue weighted by Gasteiger charge is -2.05. The van der Waals surface area contributed by atoms with Gasteiger partial charge in [-0.15, -0.1) is 0 Å². The van der Waals surface area contributed by atoms with E-state index >= 15 is 0 Å². The van der Waals surface area contributed by atoms with Crippen LogP contribution >= 0.6 is 11.6 Å². The lowest BCUT2D eigenvalue weighted by molar-refractivity contribution is -0.0837. The molecule has 0 atom stereocenters. The van der Waals surface area contributed by atoms with Crippen molar-refractivity contribution in [1.82, 2.24) is 9.55 Å². The quantitative estimate of drug-likeness (QED) is 0.768. The summed E-state index contributed by atoms with van der Waals surface area (Å²) < 4.78 is 60.8. The summed E-state index contributed by atoms with van der Waals surface area (Å²) in [6.45, 7) is 1.39. The van der Waals surface area contributed by atoms with Crippen molar-refractivity contribution in [1.29, 1.82) is 0 Å². The van der Waals surface area contributed by atoms with Gasteiger partial charge in [0.25, 0.3) is 0 Å². The standard InChI is InChI=1S/C11H12ClF3N2O3S/c1-3-21(19,20)6-8(18)10-16-5-7(17(10)2)4-9(12)11(13,14)15/h4-5H,3,6H2,1-2H3. The molecule has 0 unspecified atom stereocenters. The molecule has 0 aliphatic heterocycles. The number of hydrogen-bond donors (Lipinski definition) is 0. The minimum absolute atomic E-state index is 0.0606.